The summed E-state index contributed by atoms with van der Waals surface area (Å²) in [6.45, 7) is 6.30. The van der Waals surface area contributed by atoms with Gasteiger partial charge in [0.1, 0.15) is 18.3 Å². The largest absolute Gasteiger partial charge is 0.481 e. The molecule has 0 aliphatic heterocycles. The van der Waals surface area contributed by atoms with Crippen molar-refractivity contribution in [2.45, 2.75) is 155 Å². The molecule has 0 radical (unpaired) electrons. The molecule has 36 heavy (non-hydrogen) atoms. The van der Waals surface area contributed by atoms with Crippen LogP contribution < -0.4 is 0 Å². The third kappa shape index (κ3) is 21.2. The van der Waals surface area contributed by atoms with Crippen LogP contribution in [0.5, 0.6) is 0 Å². The molecule has 0 aromatic rings. The zero-order chi connectivity index (χ0) is 27.2. The topological polar surface area (TPSA) is 116 Å². The highest BCUT2D eigenvalue weighted by Gasteiger charge is 2.27. The van der Waals surface area contributed by atoms with Crippen LogP contribution in [0.3, 0.4) is 0 Å². The van der Waals surface area contributed by atoms with Gasteiger partial charge in [-0.05, 0) is 51.4 Å². The summed E-state index contributed by atoms with van der Waals surface area (Å²) < 4.78 is 16.6. The average Bonchev–Trinajstić information content (AvgIpc) is 2.78. The fourth-order valence-electron chi connectivity index (χ4n) is 4.42. The van der Waals surface area contributed by atoms with Crippen LogP contribution in [0.1, 0.15) is 137 Å². The maximum atomic E-state index is 11.7. The van der Waals surface area contributed by atoms with Crippen molar-refractivity contribution in [2.75, 3.05) is 0 Å². The Morgan fingerprint density at radius 2 is 0.972 bits per heavy atom. The van der Waals surface area contributed by atoms with Crippen molar-refractivity contribution in [3.8, 4) is 0 Å². The lowest BCUT2D eigenvalue weighted by molar-refractivity contribution is -0.166. The average molecular weight is 515 g/mol. The second-order valence-electron chi connectivity index (χ2n) is 9.71. The lowest BCUT2D eigenvalue weighted by atomic mass is 9.98. The Hall–Kier alpha value is -2.12. The number of rotatable bonds is 23. The molecule has 210 valence electrons. The van der Waals surface area contributed by atoms with E-state index in [1.807, 2.05) is 0 Å². The Morgan fingerprint density at radius 3 is 1.47 bits per heavy atom. The van der Waals surface area contributed by atoms with Crippen molar-refractivity contribution in [2.24, 2.45) is 0 Å². The molecule has 1 N–H and O–H groups in total. The third-order valence-corrected chi connectivity index (χ3v) is 6.16. The molecule has 0 amide bonds. The van der Waals surface area contributed by atoms with E-state index in [2.05, 4.69) is 6.92 Å². The van der Waals surface area contributed by atoms with Crippen molar-refractivity contribution in [3.05, 3.63) is 0 Å². The SMILES string of the molecule is CCCCCCCCCC(CCCC(OC(C)=O)C(CCCCCCC(=O)O)OC(C)=O)OC(C)=O. The zero-order valence-corrected chi connectivity index (χ0v) is 23.1. The maximum absolute atomic E-state index is 11.7. The molecule has 8 nitrogen and oxygen atoms in total. The van der Waals surface area contributed by atoms with E-state index in [1.54, 1.807) is 0 Å². The van der Waals surface area contributed by atoms with Crippen LogP contribution in [-0.2, 0) is 33.4 Å². The summed E-state index contributed by atoms with van der Waals surface area (Å²) in [5.74, 6) is -1.96. The highest BCUT2D eigenvalue weighted by Crippen LogP contribution is 2.22. The Kier molecular flexibility index (Phi) is 20.8. The number of carbonyl (C=O) groups excluding carboxylic acids is 3. The molecule has 0 saturated carbocycles. The van der Waals surface area contributed by atoms with Crippen molar-refractivity contribution in [1.29, 1.82) is 0 Å². The minimum absolute atomic E-state index is 0.145. The predicted octanol–water partition coefficient (Wildman–Crippen LogP) is 6.52. The summed E-state index contributed by atoms with van der Waals surface area (Å²) in [7, 11) is 0. The van der Waals surface area contributed by atoms with Gasteiger partial charge in [-0.3, -0.25) is 19.2 Å². The van der Waals surface area contributed by atoms with Gasteiger partial charge < -0.3 is 19.3 Å². The molecule has 3 unspecified atom stereocenters. The van der Waals surface area contributed by atoms with Crippen LogP contribution in [-0.4, -0.2) is 47.3 Å². The van der Waals surface area contributed by atoms with E-state index in [-0.39, 0.29) is 18.5 Å². The van der Waals surface area contributed by atoms with Crippen LogP contribution in [0.25, 0.3) is 0 Å². The molecule has 0 fully saturated rings. The summed E-state index contributed by atoms with van der Waals surface area (Å²) in [6.07, 6.45) is 13.3. The molecule has 0 aliphatic rings. The fourth-order valence-corrected chi connectivity index (χ4v) is 4.42. The van der Waals surface area contributed by atoms with Crippen molar-refractivity contribution in [3.63, 3.8) is 0 Å². The fraction of sp³-hybridized carbons (Fsp3) is 0.857. The number of carbonyl (C=O) groups is 4. The molecule has 3 atom stereocenters. The van der Waals surface area contributed by atoms with Gasteiger partial charge in [0.25, 0.3) is 0 Å². The highest BCUT2D eigenvalue weighted by molar-refractivity contribution is 5.67. The van der Waals surface area contributed by atoms with Crippen molar-refractivity contribution >= 4 is 23.9 Å². The smallest absolute Gasteiger partial charge is 0.303 e. The van der Waals surface area contributed by atoms with Gasteiger partial charge >= 0.3 is 23.9 Å². The first-order chi connectivity index (χ1) is 17.1. The van der Waals surface area contributed by atoms with Crippen LogP contribution in [0.15, 0.2) is 0 Å². The standard InChI is InChI=1S/C28H50O8/c1-5-6-7-8-9-10-13-17-25(34-22(2)29)18-16-20-27(36-24(4)31)26(35-23(3)30)19-14-11-12-15-21-28(32)33/h25-27H,5-21H2,1-4H3,(H,32,33). The highest BCUT2D eigenvalue weighted by atomic mass is 16.6. The predicted molar refractivity (Wildman–Crippen MR) is 138 cm³/mol. The number of aliphatic carboxylic acids is 1. The summed E-state index contributed by atoms with van der Waals surface area (Å²) in [5, 5.41) is 8.75. The van der Waals surface area contributed by atoms with E-state index in [4.69, 9.17) is 19.3 Å². The minimum atomic E-state index is -0.804. The Labute approximate surface area is 217 Å². The van der Waals surface area contributed by atoms with Crippen LogP contribution in [0.4, 0.5) is 0 Å². The van der Waals surface area contributed by atoms with Gasteiger partial charge in [0.15, 0.2) is 0 Å². The molecule has 0 aliphatic carbocycles. The van der Waals surface area contributed by atoms with Gasteiger partial charge in [0, 0.05) is 27.2 Å². The van der Waals surface area contributed by atoms with Gasteiger partial charge in [-0.25, -0.2) is 0 Å². The minimum Gasteiger partial charge on any atom is -0.481 e. The normalized spacial score (nSPS) is 13.4. The van der Waals surface area contributed by atoms with E-state index in [0.29, 0.717) is 32.1 Å². The first kappa shape index (κ1) is 33.9. The van der Waals surface area contributed by atoms with E-state index >= 15 is 0 Å². The van der Waals surface area contributed by atoms with Gasteiger partial charge in [0.2, 0.25) is 0 Å². The molecular weight excluding hydrogens is 464 g/mol. The number of carboxylic acid groups (broad SMARTS) is 1. The first-order valence-corrected chi connectivity index (χ1v) is 13.9. The van der Waals surface area contributed by atoms with Gasteiger partial charge in [-0.15, -0.1) is 0 Å². The molecule has 0 aromatic heterocycles. The van der Waals surface area contributed by atoms with E-state index < -0.39 is 30.1 Å². The number of hydrogen-bond donors (Lipinski definition) is 1. The van der Waals surface area contributed by atoms with Gasteiger partial charge in [0.05, 0.1) is 0 Å². The van der Waals surface area contributed by atoms with Crippen LogP contribution >= 0.6 is 0 Å². The Morgan fingerprint density at radius 1 is 0.556 bits per heavy atom. The second kappa shape index (κ2) is 22.1. The second-order valence-corrected chi connectivity index (χ2v) is 9.71. The molecule has 0 rings (SSSR count). The quantitative estimate of drug-likeness (QED) is 0.0931. The summed E-state index contributed by atoms with van der Waals surface area (Å²) >= 11 is 0. The lowest BCUT2D eigenvalue weighted by Gasteiger charge is -2.27. The van der Waals surface area contributed by atoms with E-state index in [0.717, 1.165) is 38.5 Å². The number of ether oxygens (including phenoxy) is 3. The summed E-state index contributed by atoms with van der Waals surface area (Å²) in [5.41, 5.74) is 0. The van der Waals surface area contributed by atoms with Crippen LogP contribution in [0.2, 0.25) is 0 Å². The molecule has 0 heterocycles. The van der Waals surface area contributed by atoms with Crippen LogP contribution in [0, 0.1) is 0 Å². The monoisotopic (exact) mass is 514 g/mol. The molecule has 0 saturated heterocycles. The third-order valence-electron chi connectivity index (χ3n) is 6.16. The molecule has 0 spiro atoms. The molecular formula is C28H50O8. The molecule has 0 bridgehead atoms. The van der Waals surface area contributed by atoms with Crippen molar-refractivity contribution in [1.82, 2.24) is 0 Å². The first-order valence-electron chi connectivity index (χ1n) is 13.9. The maximum Gasteiger partial charge on any atom is 0.303 e. The number of carboxylic acids is 1. The number of unbranched alkanes of at least 4 members (excludes halogenated alkanes) is 9. The van der Waals surface area contributed by atoms with Gasteiger partial charge in [-0.1, -0.05) is 58.3 Å². The summed E-state index contributed by atoms with van der Waals surface area (Å²) in [6, 6.07) is 0. The Balaban J connectivity index is 4.76. The van der Waals surface area contributed by atoms with Crippen molar-refractivity contribution < 1.29 is 38.5 Å². The zero-order valence-electron chi connectivity index (χ0n) is 23.1. The Bertz CT molecular complexity index is 619. The van der Waals surface area contributed by atoms with E-state index in [9.17, 15) is 19.2 Å². The summed E-state index contributed by atoms with van der Waals surface area (Å²) in [4.78, 5) is 45.7. The van der Waals surface area contributed by atoms with Gasteiger partial charge in [-0.2, -0.15) is 0 Å². The molecule has 0 aromatic carbocycles. The number of hydrogen-bond acceptors (Lipinski definition) is 7. The molecule has 8 heteroatoms. The number of esters is 3. The van der Waals surface area contributed by atoms with E-state index in [1.165, 1.54) is 52.9 Å². The lowest BCUT2D eigenvalue weighted by Crippen LogP contribution is -2.34.